The first kappa shape index (κ1) is 18.9. The van der Waals surface area contributed by atoms with Crippen molar-refractivity contribution in [1.82, 2.24) is 0 Å². The zero-order valence-electron chi connectivity index (χ0n) is 16.9. The van der Waals surface area contributed by atoms with Gasteiger partial charge in [0.05, 0.1) is 0 Å². The van der Waals surface area contributed by atoms with E-state index >= 15 is 0 Å². The van der Waals surface area contributed by atoms with Gasteiger partial charge in [-0.25, -0.2) is 0 Å². The number of hydrogen-bond donors (Lipinski definition) is 0. The van der Waals surface area contributed by atoms with Crippen LogP contribution in [0.3, 0.4) is 0 Å². The van der Waals surface area contributed by atoms with Gasteiger partial charge in [-0.2, -0.15) is 0 Å². The second-order valence-electron chi connectivity index (χ2n) is 10.1. The van der Waals surface area contributed by atoms with E-state index in [9.17, 15) is 0 Å². The Morgan fingerprint density at radius 1 is 1.12 bits per heavy atom. The summed E-state index contributed by atoms with van der Waals surface area (Å²) in [5.41, 5.74) is 1.51. The fraction of sp³-hybridized carbons (Fsp3) is 0.636. The van der Waals surface area contributed by atoms with E-state index in [0.717, 1.165) is 23.3 Å². The molecular weight excluding hydrogens is 336 g/mol. The number of terminal acetylenes is 1. The van der Waals surface area contributed by atoms with E-state index in [1.54, 1.807) is 0 Å². The van der Waals surface area contributed by atoms with Crippen LogP contribution in [0.4, 0.5) is 0 Å². The number of benzene rings is 1. The predicted octanol–water partition coefficient (Wildman–Crippen LogP) is 5.37. The van der Waals surface area contributed by atoms with Gasteiger partial charge in [0.1, 0.15) is 0 Å². The quantitative estimate of drug-likeness (QED) is 0.500. The molecule has 1 aromatic carbocycles. The average molecular weight is 371 g/mol. The van der Waals surface area contributed by atoms with Crippen LogP contribution in [-0.2, 0) is 4.12 Å². The summed E-state index contributed by atoms with van der Waals surface area (Å²) in [6.07, 6.45) is 9.82. The second kappa shape index (κ2) is 6.41. The van der Waals surface area contributed by atoms with E-state index in [4.69, 9.17) is 10.5 Å². The molecule has 0 saturated heterocycles. The highest BCUT2D eigenvalue weighted by molar-refractivity contribution is 6.92. The highest BCUT2D eigenvalue weighted by atomic mass is 28.4. The van der Waals surface area contributed by atoms with Gasteiger partial charge >= 0.3 is 0 Å². The lowest BCUT2D eigenvalue weighted by Gasteiger charge is -2.61. The van der Waals surface area contributed by atoms with Crippen LogP contribution in [0.25, 0.3) is 0 Å². The third-order valence-electron chi connectivity index (χ3n) is 6.85. The van der Waals surface area contributed by atoms with Gasteiger partial charge < -0.3 is 4.12 Å². The molecule has 0 amide bonds. The molecule has 3 saturated carbocycles. The summed E-state index contributed by atoms with van der Waals surface area (Å²) in [4.78, 5) is 0. The Morgan fingerprint density at radius 3 is 2.24 bits per heavy atom. The SMILES string of the molecule is C#Cc1ccc([Si](C)(CC2CCC3CC2C3(C)C)O[Si](C)(C)C)cc1. The van der Waals surface area contributed by atoms with Gasteiger partial charge in [-0.15, -0.1) is 6.42 Å². The van der Waals surface area contributed by atoms with Crippen LogP contribution < -0.4 is 5.19 Å². The van der Waals surface area contributed by atoms with Crippen LogP contribution in [0, 0.1) is 35.5 Å². The monoisotopic (exact) mass is 370 g/mol. The molecule has 4 unspecified atom stereocenters. The summed E-state index contributed by atoms with van der Waals surface area (Å²) in [6.45, 7) is 14.4. The molecule has 0 N–H and O–H groups in total. The molecule has 0 heterocycles. The van der Waals surface area contributed by atoms with Crippen molar-refractivity contribution in [3.8, 4) is 12.3 Å². The van der Waals surface area contributed by atoms with Crippen LogP contribution >= 0.6 is 0 Å². The van der Waals surface area contributed by atoms with Gasteiger partial charge in [-0.05, 0) is 85.6 Å². The first-order valence-corrected chi connectivity index (χ1v) is 15.8. The summed E-state index contributed by atoms with van der Waals surface area (Å²) in [5.74, 6) is 5.44. The first-order chi connectivity index (χ1) is 11.5. The Morgan fingerprint density at radius 2 is 1.76 bits per heavy atom. The highest BCUT2D eigenvalue weighted by Crippen LogP contribution is 2.62. The molecule has 3 aliphatic carbocycles. The van der Waals surface area contributed by atoms with E-state index in [1.165, 1.54) is 30.5 Å². The molecule has 3 aliphatic rings. The zero-order chi connectivity index (χ0) is 18.5. The van der Waals surface area contributed by atoms with Crippen molar-refractivity contribution in [3.63, 3.8) is 0 Å². The maximum Gasteiger partial charge on any atom is 0.209 e. The van der Waals surface area contributed by atoms with Gasteiger partial charge in [-0.1, -0.05) is 38.3 Å². The molecule has 0 radical (unpaired) electrons. The van der Waals surface area contributed by atoms with Gasteiger partial charge in [-0.3, -0.25) is 0 Å². The van der Waals surface area contributed by atoms with E-state index in [1.807, 2.05) is 0 Å². The lowest BCUT2D eigenvalue weighted by Crippen LogP contribution is -2.59. The van der Waals surface area contributed by atoms with Crippen LogP contribution in [0.5, 0.6) is 0 Å². The normalized spacial score (nSPS) is 30.0. The van der Waals surface area contributed by atoms with Crippen molar-refractivity contribution < 1.29 is 4.12 Å². The molecule has 0 spiro atoms. The predicted molar refractivity (Wildman–Crippen MR) is 113 cm³/mol. The largest absolute Gasteiger partial charge is 0.452 e. The Kier molecular flexibility index (Phi) is 4.86. The summed E-state index contributed by atoms with van der Waals surface area (Å²) >= 11 is 0. The topological polar surface area (TPSA) is 9.23 Å². The molecule has 4 rings (SSSR count). The maximum absolute atomic E-state index is 6.95. The number of hydrogen-bond acceptors (Lipinski definition) is 1. The Balaban J connectivity index is 1.87. The molecule has 3 heteroatoms. The summed E-state index contributed by atoms with van der Waals surface area (Å²) in [6, 6.07) is 9.96. The van der Waals surface area contributed by atoms with Crippen LogP contribution in [0.1, 0.15) is 38.7 Å². The Bertz CT molecular complexity index is 663. The highest BCUT2D eigenvalue weighted by Gasteiger charge is 2.55. The van der Waals surface area contributed by atoms with Crippen LogP contribution in [0.15, 0.2) is 24.3 Å². The minimum absolute atomic E-state index is 0.546. The second-order valence-corrected chi connectivity index (χ2v) is 18.6. The summed E-state index contributed by atoms with van der Waals surface area (Å²) in [5, 5.41) is 1.42. The standard InChI is InChI=1S/C22H34OSi2/c1-8-17-9-13-20(14-10-17)25(7,23-24(4,5)6)16-18-11-12-19-15-21(18)22(19,2)3/h1,9-10,13-14,18-19,21H,11-12,15-16H2,2-7H3. The Hall–Kier alpha value is -0.826. The molecule has 4 atom stereocenters. The van der Waals surface area contributed by atoms with Crippen molar-refractivity contribution in [2.45, 2.75) is 65.3 Å². The minimum atomic E-state index is -1.97. The van der Waals surface area contributed by atoms with Crippen LogP contribution in [0.2, 0.25) is 32.2 Å². The molecule has 0 aliphatic heterocycles. The van der Waals surface area contributed by atoms with E-state index in [0.29, 0.717) is 5.41 Å². The van der Waals surface area contributed by atoms with Crippen molar-refractivity contribution >= 4 is 21.8 Å². The van der Waals surface area contributed by atoms with Crippen molar-refractivity contribution in [2.75, 3.05) is 0 Å². The van der Waals surface area contributed by atoms with E-state index < -0.39 is 16.6 Å². The summed E-state index contributed by atoms with van der Waals surface area (Å²) < 4.78 is 6.95. The summed E-state index contributed by atoms with van der Waals surface area (Å²) in [7, 11) is -3.58. The fourth-order valence-corrected chi connectivity index (χ4v) is 14.3. The average Bonchev–Trinajstić information content (AvgIpc) is 2.53. The molecule has 25 heavy (non-hydrogen) atoms. The van der Waals surface area contributed by atoms with Gasteiger partial charge in [0, 0.05) is 5.56 Å². The molecule has 3 fully saturated rings. The fourth-order valence-electron chi connectivity index (χ4n) is 5.52. The van der Waals surface area contributed by atoms with Gasteiger partial charge in [0.2, 0.25) is 8.32 Å². The van der Waals surface area contributed by atoms with Crippen molar-refractivity contribution in [3.05, 3.63) is 29.8 Å². The molecular formula is C22H34OSi2. The van der Waals surface area contributed by atoms with E-state index in [-0.39, 0.29) is 0 Å². The number of rotatable bonds is 5. The van der Waals surface area contributed by atoms with Gasteiger partial charge in [0.25, 0.3) is 0 Å². The first-order valence-electron chi connectivity index (χ1n) is 9.82. The minimum Gasteiger partial charge on any atom is -0.452 e. The lowest BCUT2D eigenvalue weighted by atomic mass is 9.46. The van der Waals surface area contributed by atoms with Crippen molar-refractivity contribution in [1.29, 1.82) is 0 Å². The molecule has 0 aromatic heterocycles. The molecule has 136 valence electrons. The molecule has 1 nitrogen and oxygen atoms in total. The van der Waals surface area contributed by atoms with E-state index in [2.05, 4.69) is 70.2 Å². The molecule has 2 bridgehead atoms. The molecule has 1 aromatic rings. The lowest BCUT2D eigenvalue weighted by molar-refractivity contribution is -0.0994. The van der Waals surface area contributed by atoms with Gasteiger partial charge in [0.15, 0.2) is 8.32 Å². The third kappa shape index (κ3) is 3.67. The third-order valence-corrected chi connectivity index (χ3v) is 14.0. The number of fused-ring (bicyclic) bond motifs is 2. The zero-order valence-corrected chi connectivity index (χ0v) is 18.9. The van der Waals surface area contributed by atoms with Crippen molar-refractivity contribution in [2.24, 2.45) is 23.2 Å². The smallest absolute Gasteiger partial charge is 0.209 e. The maximum atomic E-state index is 6.95. The van der Waals surface area contributed by atoms with Crippen LogP contribution in [-0.4, -0.2) is 16.6 Å². The Labute approximate surface area is 156 Å².